The number of benzene rings is 1. The van der Waals surface area contributed by atoms with Crippen molar-refractivity contribution in [3.63, 3.8) is 0 Å². The molecule has 2 saturated heterocycles. The molecule has 0 radical (unpaired) electrons. The van der Waals surface area contributed by atoms with E-state index in [0.29, 0.717) is 61.2 Å². The first-order valence-electron chi connectivity index (χ1n) is 16.6. The Morgan fingerprint density at radius 2 is 1.87 bits per heavy atom. The summed E-state index contributed by atoms with van der Waals surface area (Å²) < 4.78 is 10.6. The molecule has 4 atom stereocenters. The standard InChI is InChI=1S/C36H38N6O3/c1-3-4-7-31(43)39-16-22(17-39)19-42-33-27(38-35(42)29-13-23-6-5-10-37-34(23)40(29)18-21-8-9-21)12-25(15-30(33)45-2)36(44)41-20-26-11-24-14-28(41)32(24)26/h5-6,10,12-13,15,21-22,24,26,28,32H,3,8-9,11,14,16-20H2,1-2H3/t24?,26?,28?,32-/m1/s1. The molecule has 3 saturated carbocycles. The number of fused-ring (bicyclic) bond motifs is 2. The summed E-state index contributed by atoms with van der Waals surface area (Å²) in [6.07, 6.45) is 7.41. The van der Waals surface area contributed by atoms with E-state index >= 15 is 0 Å². The van der Waals surface area contributed by atoms with Crippen LogP contribution in [0, 0.1) is 41.4 Å². The molecule has 3 aliphatic carbocycles. The summed E-state index contributed by atoms with van der Waals surface area (Å²) in [4.78, 5) is 40.5. The Kier molecular flexibility index (Phi) is 6.06. The molecule has 3 unspecified atom stereocenters. The minimum absolute atomic E-state index is 0.0949. The van der Waals surface area contributed by atoms with Gasteiger partial charge in [0.25, 0.3) is 11.8 Å². The van der Waals surface area contributed by atoms with E-state index in [0.717, 1.165) is 59.0 Å². The molecule has 1 aromatic carbocycles. The number of ether oxygens (including phenoxy) is 1. The zero-order valence-corrected chi connectivity index (χ0v) is 25.9. The molecule has 45 heavy (non-hydrogen) atoms. The van der Waals surface area contributed by atoms with Gasteiger partial charge in [0.1, 0.15) is 16.9 Å². The topological polar surface area (TPSA) is 85.5 Å². The van der Waals surface area contributed by atoms with E-state index < -0.39 is 0 Å². The Morgan fingerprint density at radius 3 is 2.62 bits per heavy atom. The van der Waals surface area contributed by atoms with E-state index in [1.807, 2.05) is 36.2 Å². The Labute approximate surface area is 262 Å². The van der Waals surface area contributed by atoms with E-state index in [-0.39, 0.29) is 17.7 Å². The highest BCUT2D eigenvalue weighted by Gasteiger charge is 2.61. The summed E-state index contributed by atoms with van der Waals surface area (Å²) in [6, 6.07) is 10.6. The van der Waals surface area contributed by atoms with Crippen LogP contribution in [-0.4, -0.2) is 73.5 Å². The Morgan fingerprint density at radius 1 is 1.02 bits per heavy atom. The molecule has 5 aliphatic rings. The number of amides is 2. The lowest BCUT2D eigenvalue weighted by Gasteiger charge is -2.52. The molecule has 230 valence electrons. The van der Waals surface area contributed by atoms with Crippen LogP contribution in [0.2, 0.25) is 0 Å². The van der Waals surface area contributed by atoms with Gasteiger partial charge in [0, 0.05) is 68.3 Å². The van der Waals surface area contributed by atoms with Crippen LogP contribution in [0.4, 0.5) is 0 Å². The third-order valence-corrected chi connectivity index (χ3v) is 11.1. The number of hydrogen-bond acceptors (Lipinski definition) is 5. The van der Waals surface area contributed by atoms with Crippen LogP contribution >= 0.6 is 0 Å². The molecule has 3 aromatic heterocycles. The van der Waals surface area contributed by atoms with E-state index in [9.17, 15) is 9.59 Å². The Bertz CT molecular complexity index is 1940. The first-order chi connectivity index (χ1) is 22.0. The molecule has 2 aliphatic heterocycles. The van der Waals surface area contributed by atoms with Gasteiger partial charge < -0.3 is 23.7 Å². The number of pyridine rings is 1. The van der Waals surface area contributed by atoms with Gasteiger partial charge in [0.15, 0.2) is 5.82 Å². The van der Waals surface area contributed by atoms with Crippen LogP contribution in [0.5, 0.6) is 5.75 Å². The summed E-state index contributed by atoms with van der Waals surface area (Å²) in [7, 11) is 1.68. The molecular weight excluding hydrogens is 564 g/mol. The lowest BCUT2D eigenvalue weighted by Crippen LogP contribution is -2.53. The van der Waals surface area contributed by atoms with Crippen molar-refractivity contribution in [1.29, 1.82) is 0 Å². The third-order valence-electron chi connectivity index (χ3n) is 11.1. The lowest BCUT2D eigenvalue weighted by atomic mass is 9.53. The zero-order valence-electron chi connectivity index (χ0n) is 25.9. The van der Waals surface area contributed by atoms with E-state index in [1.54, 1.807) is 7.11 Å². The van der Waals surface area contributed by atoms with Crippen LogP contribution in [0.15, 0.2) is 36.5 Å². The molecule has 9 heteroatoms. The highest BCUT2D eigenvalue weighted by molar-refractivity contribution is 6.00. The fourth-order valence-electron chi connectivity index (χ4n) is 8.61. The normalized spacial score (nSPS) is 24.9. The number of hydrogen-bond donors (Lipinski definition) is 0. The van der Waals surface area contributed by atoms with E-state index in [4.69, 9.17) is 14.7 Å². The second-order valence-electron chi connectivity index (χ2n) is 13.9. The number of carbonyl (C=O) groups excluding carboxylic acids is 2. The predicted molar refractivity (Wildman–Crippen MR) is 170 cm³/mol. The van der Waals surface area contributed by atoms with Crippen molar-refractivity contribution in [2.45, 2.75) is 58.2 Å². The molecular formula is C36H38N6O3. The van der Waals surface area contributed by atoms with Gasteiger partial charge in [-0.3, -0.25) is 9.59 Å². The van der Waals surface area contributed by atoms with Gasteiger partial charge in [0.05, 0.1) is 18.3 Å². The SMILES string of the molecule is CCC#CC(=O)N1CC(Cn2c(-c3cc4cccnc4n3CC3CC3)nc3cc(C(=O)N4CC5CC6CC4[C@H]65)cc(OC)c32)C1. The summed E-state index contributed by atoms with van der Waals surface area (Å²) >= 11 is 0. The smallest absolute Gasteiger partial charge is 0.298 e. The van der Waals surface area contributed by atoms with Gasteiger partial charge in [0.2, 0.25) is 0 Å². The van der Waals surface area contributed by atoms with Crippen LogP contribution in [0.25, 0.3) is 33.6 Å². The first kappa shape index (κ1) is 27.0. The maximum absolute atomic E-state index is 14.0. The fourth-order valence-corrected chi connectivity index (χ4v) is 8.61. The maximum Gasteiger partial charge on any atom is 0.298 e. The molecule has 5 fully saturated rings. The zero-order chi connectivity index (χ0) is 30.4. The van der Waals surface area contributed by atoms with Crippen molar-refractivity contribution in [3.8, 4) is 29.1 Å². The van der Waals surface area contributed by atoms with Crippen LogP contribution in [0.3, 0.4) is 0 Å². The third kappa shape index (κ3) is 4.21. The summed E-state index contributed by atoms with van der Waals surface area (Å²) in [5.41, 5.74) is 4.30. The number of methoxy groups -OCH3 is 1. The Balaban J connectivity index is 1.14. The van der Waals surface area contributed by atoms with Crippen molar-refractivity contribution in [2.75, 3.05) is 26.7 Å². The molecule has 0 bridgehead atoms. The average Bonchev–Trinajstić information content (AvgIpc) is 3.67. The highest BCUT2D eigenvalue weighted by atomic mass is 16.5. The highest BCUT2D eigenvalue weighted by Crippen LogP contribution is 2.60. The molecule has 0 N–H and O–H groups in total. The molecule has 5 heterocycles. The fraction of sp³-hybridized carbons (Fsp3) is 0.500. The van der Waals surface area contributed by atoms with Gasteiger partial charge >= 0.3 is 0 Å². The summed E-state index contributed by atoms with van der Waals surface area (Å²) in [5, 5.41) is 1.09. The van der Waals surface area contributed by atoms with Gasteiger partial charge in [-0.05, 0) is 85.6 Å². The minimum atomic E-state index is -0.103. The lowest BCUT2D eigenvalue weighted by molar-refractivity contribution is -0.131. The number of carbonyl (C=O) groups is 2. The first-order valence-corrected chi connectivity index (χ1v) is 16.6. The second kappa shape index (κ2) is 10.1. The number of imidazole rings is 1. The molecule has 9 nitrogen and oxygen atoms in total. The van der Waals surface area contributed by atoms with Gasteiger partial charge in [-0.15, -0.1) is 0 Å². The monoisotopic (exact) mass is 602 g/mol. The minimum Gasteiger partial charge on any atom is -0.494 e. The van der Waals surface area contributed by atoms with Crippen LogP contribution in [0.1, 0.15) is 49.4 Å². The van der Waals surface area contributed by atoms with Gasteiger partial charge in [-0.1, -0.05) is 12.8 Å². The molecule has 4 aromatic rings. The second-order valence-corrected chi connectivity index (χ2v) is 13.9. The summed E-state index contributed by atoms with van der Waals surface area (Å²) in [5.74, 6) is 10.3. The molecule has 9 rings (SSSR count). The number of rotatable bonds is 7. The van der Waals surface area contributed by atoms with Gasteiger partial charge in [-0.25, -0.2) is 9.97 Å². The van der Waals surface area contributed by atoms with Gasteiger partial charge in [-0.2, -0.15) is 0 Å². The average molecular weight is 603 g/mol. The van der Waals surface area contributed by atoms with E-state index in [2.05, 4.69) is 38.0 Å². The van der Waals surface area contributed by atoms with Crippen LogP contribution in [-0.2, 0) is 17.9 Å². The van der Waals surface area contributed by atoms with Crippen molar-refractivity contribution >= 4 is 33.9 Å². The quantitative estimate of drug-likeness (QED) is 0.283. The van der Waals surface area contributed by atoms with Crippen LogP contribution < -0.4 is 4.74 Å². The number of nitrogens with zero attached hydrogens (tertiary/aromatic N) is 6. The molecule has 2 amide bonds. The van der Waals surface area contributed by atoms with Crippen molar-refractivity contribution in [3.05, 3.63) is 42.1 Å². The van der Waals surface area contributed by atoms with Crippen molar-refractivity contribution in [1.82, 2.24) is 28.9 Å². The summed E-state index contributed by atoms with van der Waals surface area (Å²) in [6.45, 7) is 5.72. The van der Waals surface area contributed by atoms with Crippen molar-refractivity contribution < 1.29 is 14.3 Å². The molecule has 0 spiro atoms. The predicted octanol–water partition coefficient (Wildman–Crippen LogP) is 4.82. The Hall–Kier alpha value is -4.32. The van der Waals surface area contributed by atoms with E-state index in [1.165, 1.54) is 19.3 Å². The largest absolute Gasteiger partial charge is 0.494 e. The van der Waals surface area contributed by atoms with Crippen molar-refractivity contribution in [2.24, 2.45) is 29.6 Å². The number of likely N-dealkylation sites (tertiary alicyclic amines) is 2. The maximum atomic E-state index is 14.0. The number of aromatic nitrogens is 4.